The van der Waals surface area contributed by atoms with E-state index in [-0.39, 0.29) is 0 Å². The van der Waals surface area contributed by atoms with Gasteiger partial charge < -0.3 is 0 Å². The normalized spacial score (nSPS) is 11.7. The quantitative estimate of drug-likeness (QED) is 0.460. The molecule has 30 heavy (non-hydrogen) atoms. The molecule has 2 aliphatic carbocycles. The van der Waals surface area contributed by atoms with Crippen LogP contribution in [0, 0.1) is 0 Å². The maximum absolute atomic E-state index is 2.24. The van der Waals surface area contributed by atoms with Crippen LogP contribution < -0.4 is 0 Å². The second-order valence-corrected chi connectivity index (χ2v) is 7.24. The molecule has 0 saturated carbocycles. The molecule has 0 spiro atoms. The number of aryl methyl sites for hydroxylation is 4. The summed E-state index contributed by atoms with van der Waals surface area (Å²) in [5, 5.41) is 0. The van der Waals surface area contributed by atoms with Gasteiger partial charge in [0.1, 0.15) is 0 Å². The van der Waals surface area contributed by atoms with Crippen molar-refractivity contribution in [2.45, 2.75) is 120 Å². The van der Waals surface area contributed by atoms with E-state index in [0.717, 1.165) is 0 Å². The second-order valence-electron chi connectivity index (χ2n) is 7.24. The summed E-state index contributed by atoms with van der Waals surface area (Å²) < 4.78 is 0. The Hall–Kier alpha value is -1.56. The topological polar surface area (TPSA) is 0 Å². The second kappa shape index (κ2) is 23.7. The fraction of sp³-hybridized carbons (Fsp3) is 0.600. The minimum absolute atomic E-state index is 1.30. The van der Waals surface area contributed by atoms with Crippen molar-refractivity contribution in [3.8, 4) is 0 Å². The summed E-state index contributed by atoms with van der Waals surface area (Å²) in [6.45, 7) is 16.7. The van der Waals surface area contributed by atoms with Crippen LogP contribution >= 0.6 is 0 Å². The Balaban J connectivity index is 0. The molecule has 0 saturated heterocycles. The molecule has 0 N–H and O–H groups in total. The molecular weight excluding hydrogens is 360 g/mol. The third-order valence-electron chi connectivity index (χ3n) is 5.02. The summed E-state index contributed by atoms with van der Waals surface area (Å²) in [5.74, 6) is 0. The molecule has 0 aliphatic heterocycles. The van der Waals surface area contributed by atoms with Crippen molar-refractivity contribution < 1.29 is 0 Å². The lowest BCUT2D eigenvalue weighted by Gasteiger charge is -1.93. The van der Waals surface area contributed by atoms with E-state index < -0.39 is 0 Å². The van der Waals surface area contributed by atoms with Crippen LogP contribution in [0.25, 0.3) is 0 Å². The highest BCUT2D eigenvalue weighted by Gasteiger charge is 2.08. The van der Waals surface area contributed by atoms with Gasteiger partial charge in [-0.25, -0.2) is 0 Å². The first-order chi connectivity index (χ1) is 14.8. The SMILES string of the molecule is CC.CC.CCCC.CCCC.c1ccc2c(c1)CCC2.c1ccc2c(c1)CCC2. The zero-order valence-corrected chi connectivity index (χ0v) is 21.7. The van der Waals surface area contributed by atoms with E-state index in [4.69, 9.17) is 0 Å². The molecular formula is C30H52. The summed E-state index contributed by atoms with van der Waals surface area (Å²) >= 11 is 0. The lowest BCUT2D eigenvalue weighted by atomic mass is 10.1. The number of benzene rings is 2. The molecule has 0 nitrogen and oxygen atoms in total. The monoisotopic (exact) mass is 412 g/mol. The van der Waals surface area contributed by atoms with Crippen LogP contribution in [-0.4, -0.2) is 0 Å². The van der Waals surface area contributed by atoms with Crippen molar-refractivity contribution in [3.63, 3.8) is 0 Å². The number of unbranched alkanes of at least 4 members (excludes halogenated alkanes) is 2. The number of hydrogen-bond donors (Lipinski definition) is 0. The first-order valence-electron chi connectivity index (χ1n) is 12.9. The zero-order valence-electron chi connectivity index (χ0n) is 21.7. The molecule has 0 radical (unpaired) electrons. The van der Waals surface area contributed by atoms with Crippen molar-refractivity contribution in [1.82, 2.24) is 0 Å². The lowest BCUT2D eigenvalue weighted by molar-refractivity contribution is 0.886. The Morgan fingerprint density at radius 3 is 0.800 bits per heavy atom. The van der Waals surface area contributed by atoms with Gasteiger partial charge in [0.25, 0.3) is 0 Å². The molecule has 2 aliphatic rings. The number of fused-ring (bicyclic) bond motifs is 2. The van der Waals surface area contributed by atoms with Gasteiger partial charge in [-0.05, 0) is 60.8 Å². The van der Waals surface area contributed by atoms with Gasteiger partial charge in [0, 0.05) is 0 Å². The predicted molar refractivity (Wildman–Crippen MR) is 141 cm³/mol. The Labute approximate surface area is 190 Å². The fourth-order valence-corrected chi connectivity index (χ4v) is 3.03. The molecule has 0 bridgehead atoms. The molecule has 0 heterocycles. The number of hydrogen-bond acceptors (Lipinski definition) is 0. The van der Waals surface area contributed by atoms with Gasteiger partial charge >= 0.3 is 0 Å². The Bertz CT molecular complexity index is 479. The average molecular weight is 413 g/mol. The molecule has 0 atom stereocenters. The van der Waals surface area contributed by atoms with E-state index in [9.17, 15) is 0 Å². The van der Waals surface area contributed by atoms with Crippen LogP contribution in [-0.2, 0) is 25.7 Å². The van der Waals surface area contributed by atoms with E-state index in [0.29, 0.717) is 0 Å². The highest BCUT2D eigenvalue weighted by atomic mass is 14.1. The molecule has 0 unspecified atom stereocenters. The van der Waals surface area contributed by atoms with Crippen LogP contribution in [0.4, 0.5) is 0 Å². The minimum atomic E-state index is 1.30. The largest absolute Gasteiger partial charge is 0.0683 e. The molecule has 2 aromatic carbocycles. The van der Waals surface area contributed by atoms with Gasteiger partial charge in [-0.3, -0.25) is 0 Å². The Kier molecular flexibility index (Phi) is 24.2. The van der Waals surface area contributed by atoms with Gasteiger partial charge in [0.05, 0.1) is 0 Å². The molecule has 0 aromatic heterocycles. The maximum Gasteiger partial charge on any atom is -0.0273 e. The zero-order chi connectivity index (χ0) is 23.0. The van der Waals surface area contributed by atoms with E-state index in [1.807, 2.05) is 27.7 Å². The van der Waals surface area contributed by atoms with Crippen molar-refractivity contribution in [1.29, 1.82) is 0 Å². The van der Waals surface area contributed by atoms with Crippen LogP contribution in [0.1, 0.15) is 116 Å². The van der Waals surface area contributed by atoms with Crippen molar-refractivity contribution in [2.75, 3.05) is 0 Å². The highest BCUT2D eigenvalue weighted by Crippen LogP contribution is 2.20. The van der Waals surface area contributed by atoms with Crippen LogP contribution in [0.5, 0.6) is 0 Å². The van der Waals surface area contributed by atoms with E-state index >= 15 is 0 Å². The summed E-state index contributed by atoms with van der Waals surface area (Å²) in [7, 11) is 0. The Morgan fingerprint density at radius 1 is 0.433 bits per heavy atom. The van der Waals surface area contributed by atoms with Gasteiger partial charge in [-0.2, -0.15) is 0 Å². The molecule has 172 valence electrons. The highest BCUT2D eigenvalue weighted by molar-refractivity contribution is 5.31. The molecule has 0 amide bonds. The predicted octanol–water partition coefficient (Wildman–Crippen LogP) is 10.0. The Morgan fingerprint density at radius 2 is 0.633 bits per heavy atom. The summed E-state index contributed by atoms with van der Waals surface area (Å²) in [4.78, 5) is 0. The van der Waals surface area contributed by atoms with Crippen molar-refractivity contribution in [3.05, 3.63) is 70.8 Å². The average Bonchev–Trinajstić information content (AvgIpc) is 3.52. The first-order valence-corrected chi connectivity index (χ1v) is 12.9. The van der Waals surface area contributed by atoms with Crippen LogP contribution in [0.2, 0.25) is 0 Å². The molecule has 0 fully saturated rings. The summed E-state index contributed by atoms with van der Waals surface area (Å²) in [6.07, 6.45) is 13.2. The van der Waals surface area contributed by atoms with Crippen LogP contribution in [0.15, 0.2) is 48.5 Å². The first kappa shape index (κ1) is 30.6. The van der Waals surface area contributed by atoms with Crippen LogP contribution in [0.3, 0.4) is 0 Å². The van der Waals surface area contributed by atoms with Gasteiger partial charge in [0.15, 0.2) is 0 Å². The smallest absolute Gasteiger partial charge is 0.0273 e. The third-order valence-corrected chi connectivity index (χ3v) is 5.02. The number of rotatable bonds is 2. The maximum atomic E-state index is 2.24. The molecule has 0 heteroatoms. The minimum Gasteiger partial charge on any atom is -0.0683 e. The summed E-state index contributed by atoms with van der Waals surface area (Å²) in [6, 6.07) is 17.5. The standard InChI is InChI=1S/2C9H10.2C4H10.2C2H6/c2*1-2-5-9-7-3-6-8(9)4-1;2*1-3-4-2;2*1-2/h2*1-2,4-5H,3,6-7H2;2*3-4H2,1-2H3;2*1-2H3. The van der Waals surface area contributed by atoms with Crippen molar-refractivity contribution >= 4 is 0 Å². The fourth-order valence-electron chi connectivity index (χ4n) is 3.03. The van der Waals surface area contributed by atoms with E-state index in [1.54, 1.807) is 22.3 Å². The third kappa shape index (κ3) is 14.4. The lowest BCUT2D eigenvalue weighted by Crippen LogP contribution is -1.77. The van der Waals surface area contributed by atoms with Gasteiger partial charge in [-0.1, -0.05) is 130 Å². The van der Waals surface area contributed by atoms with Crippen molar-refractivity contribution in [2.24, 2.45) is 0 Å². The van der Waals surface area contributed by atoms with Gasteiger partial charge in [-0.15, -0.1) is 0 Å². The van der Waals surface area contributed by atoms with Gasteiger partial charge in [0.2, 0.25) is 0 Å². The van der Waals surface area contributed by atoms with E-state index in [1.165, 1.54) is 64.2 Å². The molecule has 4 rings (SSSR count). The molecule has 2 aromatic rings. The van der Waals surface area contributed by atoms with E-state index in [2.05, 4.69) is 76.2 Å². The summed E-state index contributed by atoms with van der Waals surface area (Å²) in [5.41, 5.74) is 6.27.